The fraction of sp³-hybridized carbons (Fsp3) is 0.357. The number of hydrogen-bond donors (Lipinski definition) is 2. The highest BCUT2D eigenvalue weighted by atomic mass is 35.5. The Bertz CT molecular complexity index is 502. The summed E-state index contributed by atoms with van der Waals surface area (Å²) in [6, 6.07) is 5.28. The molecule has 4 nitrogen and oxygen atoms in total. The van der Waals surface area contributed by atoms with Gasteiger partial charge in [-0.25, -0.2) is 4.79 Å². The molecular formula is C14H17ClN2O2. The SMILES string of the molecule is C=C(C)CNC(=O)NC1CCOc2c(Cl)cccc21. The maximum absolute atomic E-state index is 11.8. The molecule has 2 N–H and O–H groups in total. The first-order chi connectivity index (χ1) is 9.08. The largest absolute Gasteiger partial charge is 0.492 e. The first kappa shape index (κ1) is 13.7. The van der Waals surface area contributed by atoms with Gasteiger partial charge in [0, 0.05) is 18.5 Å². The van der Waals surface area contributed by atoms with Crippen LogP contribution in [-0.4, -0.2) is 19.2 Å². The molecule has 0 aromatic heterocycles. The maximum Gasteiger partial charge on any atom is 0.315 e. The van der Waals surface area contributed by atoms with Crippen LogP contribution in [0.4, 0.5) is 4.79 Å². The first-order valence-electron chi connectivity index (χ1n) is 6.18. The minimum atomic E-state index is -0.208. The molecule has 1 aliphatic rings. The van der Waals surface area contributed by atoms with Crippen molar-refractivity contribution in [2.45, 2.75) is 19.4 Å². The predicted octanol–water partition coefficient (Wildman–Crippen LogP) is 3.04. The lowest BCUT2D eigenvalue weighted by Gasteiger charge is -2.27. The van der Waals surface area contributed by atoms with Crippen LogP contribution in [0, 0.1) is 0 Å². The van der Waals surface area contributed by atoms with Crippen molar-refractivity contribution in [1.82, 2.24) is 10.6 Å². The molecule has 1 unspecified atom stereocenters. The van der Waals surface area contributed by atoms with E-state index in [0.29, 0.717) is 23.9 Å². The van der Waals surface area contributed by atoms with E-state index in [1.54, 1.807) is 6.07 Å². The number of fused-ring (bicyclic) bond motifs is 1. The lowest BCUT2D eigenvalue weighted by molar-refractivity contribution is 0.224. The van der Waals surface area contributed by atoms with Gasteiger partial charge in [0.15, 0.2) is 0 Å². The van der Waals surface area contributed by atoms with Crippen molar-refractivity contribution in [3.05, 3.63) is 40.9 Å². The fourth-order valence-corrected chi connectivity index (χ4v) is 2.21. The fourth-order valence-electron chi connectivity index (χ4n) is 1.98. The van der Waals surface area contributed by atoms with Gasteiger partial charge in [0.2, 0.25) is 0 Å². The van der Waals surface area contributed by atoms with E-state index in [9.17, 15) is 4.79 Å². The number of para-hydroxylation sites is 1. The summed E-state index contributed by atoms with van der Waals surface area (Å²) in [5.41, 5.74) is 1.83. The summed E-state index contributed by atoms with van der Waals surface area (Å²) in [5.74, 6) is 0.667. The number of halogens is 1. The molecule has 0 saturated heterocycles. The lowest BCUT2D eigenvalue weighted by Crippen LogP contribution is -2.40. The molecule has 1 heterocycles. The van der Waals surface area contributed by atoms with Gasteiger partial charge in [-0.1, -0.05) is 35.9 Å². The molecule has 0 spiro atoms. The number of ether oxygens (including phenoxy) is 1. The van der Waals surface area contributed by atoms with Gasteiger partial charge in [-0.3, -0.25) is 0 Å². The van der Waals surface area contributed by atoms with Gasteiger partial charge >= 0.3 is 6.03 Å². The lowest BCUT2D eigenvalue weighted by atomic mass is 10.0. The van der Waals surface area contributed by atoms with Crippen LogP contribution in [0.5, 0.6) is 5.75 Å². The number of carbonyl (C=O) groups is 1. The van der Waals surface area contributed by atoms with Gasteiger partial charge < -0.3 is 15.4 Å². The summed E-state index contributed by atoms with van der Waals surface area (Å²) >= 11 is 6.08. The highest BCUT2D eigenvalue weighted by molar-refractivity contribution is 6.32. The number of urea groups is 1. The topological polar surface area (TPSA) is 50.4 Å². The molecule has 102 valence electrons. The number of hydrogen-bond acceptors (Lipinski definition) is 2. The molecule has 2 rings (SSSR count). The van der Waals surface area contributed by atoms with Crippen LogP contribution in [0.3, 0.4) is 0 Å². The normalized spacial score (nSPS) is 17.1. The molecule has 0 bridgehead atoms. The molecule has 1 aromatic carbocycles. The molecule has 1 atom stereocenters. The van der Waals surface area contributed by atoms with Crippen molar-refractivity contribution < 1.29 is 9.53 Å². The van der Waals surface area contributed by atoms with E-state index >= 15 is 0 Å². The highest BCUT2D eigenvalue weighted by Crippen LogP contribution is 2.37. The molecule has 0 fully saturated rings. The van der Waals surface area contributed by atoms with Gasteiger partial charge in [-0.2, -0.15) is 0 Å². The summed E-state index contributed by atoms with van der Waals surface area (Å²) in [6.45, 7) is 6.62. The Morgan fingerprint density at radius 2 is 2.37 bits per heavy atom. The summed E-state index contributed by atoms with van der Waals surface area (Å²) in [6.07, 6.45) is 0.730. The Kier molecular flexibility index (Phi) is 4.32. The third kappa shape index (κ3) is 3.41. The molecule has 0 radical (unpaired) electrons. The van der Waals surface area contributed by atoms with Crippen LogP contribution in [0.2, 0.25) is 5.02 Å². The standard InChI is InChI=1S/C14H17ClN2O2/c1-9(2)8-16-14(18)17-12-6-7-19-13-10(12)4-3-5-11(13)15/h3-5,12H,1,6-8H2,2H3,(H2,16,17,18). The minimum absolute atomic E-state index is 0.0763. The van der Waals surface area contributed by atoms with E-state index in [1.165, 1.54) is 0 Å². The summed E-state index contributed by atoms with van der Waals surface area (Å²) in [5, 5.41) is 6.25. The Morgan fingerprint density at radius 1 is 1.58 bits per heavy atom. The molecule has 5 heteroatoms. The summed E-state index contributed by atoms with van der Waals surface area (Å²) in [7, 11) is 0. The zero-order valence-electron chi connectivity index (χ0n) is 10.8. The molecular weight excluding hydrogens is 264 g/mol. The molecule has 1 aromatic rings. The molecule has 0 aliphatic carbocycles. The number of carbonyl (C=O) groups excluding carboxylic acids is 1. The second-order valence-corrected chi connectivity index (χ2v) is 5.04. The second-order valence-electron chi connectivity index (χ2n) is 4.63. The van der Waals surface area contributed by atoms with Crippen molar-refractivity contribution in [2.24, 2.45) is 0 Å². The third-order valence-corrected chi connectivity index (χ3v) is 3.18. The van der Waals surface area contributed by atoms with Gasteiger partial charge in [0.1, 0.15) is 5.75 Å². The van der Waals surface area contributed by atoms with Crippen molar-refractivity contribution >= 4 is 17.6 Å². The molecule has 1 aliphatic heterocycles. The monoisotopic (exact) mass is 280 g/mol. The predicted molar refractivity (Wildman–Crippen MR) is 75.7 cm³/mol. The van der Waals surface area contributed by atoms with Crippen molar-refractivity contribution in [3.63, 3.8) is 0 Å². The minimum Gasteiger partial charge on any atom is -0.492 e. The number of rotatable bonds is 3. The van der Waals surface area contributed by atoms with Crippen LogP contribution >= 0.6 is 11.6 Å². The third-order valence-electron chi connectivity index (χ3n) is 2.88. The van der Waals surface area contributed by atoms with Gasteiger partial charge in [0.25, 0.3) is 0 Å². The summed E-state index contributed by atoms with van der Waals surface area (Å²) < 4.78 is 5.55. The van der Waals surface area contributed by atoms with Crippen LogP contribution in [0.25, 0.3) is 0 Å². The van der Waals surface area contributed by atoms with Crippen LogP contribution in [0.1, 0.15) is 24.9 Å². The number of benzene rings is 1. The van der Waals surface area contributed by atoms with E-state index < -0.39 is 0 Å². The average Bonchev–Trinajstić information content (AvgIpc) is 2.38. The van der Waals surface area contributed by atoms with Crippen LogP contribution in [-0.2, 0) is 0 Å². The Labute approximate surface area is 117 Å². The Morgan fingerprint density at radius 3 is 3.11 bits per heavy atom. The maximum atomic E-state index is 11.8. The van der Waals surface area contributed by atoms with Crippen molar-refractivity contribution in [2.75, 3.05) is 13.2 Å². The van der Waals surface area contributed by atoms with Gasteiger partial charge in [-0.05, 0) is 13.0 Å². The van der Waals surface area contributed by atoms with Crippen LogP contribution < -0.4 is 15.4 Å². The molecule has 0 saturated carbocycles. The quantitative estimate of drug-likeness (QED) is 0.836. The van der Waals surface area contributed by atoms with Gasteiger partial charge in [0.05, 0.1) is 17.7 Å². The Balaban J connectivity index is 2.05. The molecule has 2 amide bonds. The van der Waals surface area contributed by atoms with Gasteiger partial charge in [-0.15, -0.1) is 0 Å². The Hall–Kier alpha value is -1.68. The zero-order valence-corrected chi connectivity index (χ0v) is 11.6. The number of nitrogens with one attached hydrogen (secondary N) is 2. The zero-order chi connectivity index (χ0) is 13.8. The average molecular weight is 281 g/mol. The van der Waals surface area contributed by atoms with E-state index in [-0.39, 0.29) is 12.1 Å². The second kappa shape index (κ2) is 5.97. The van der Waals surface area contributed by atoms with E-state index in [1.807, 2.05) is 19.1 Å². The first-order valence-corrected chi connectivity index (χ1v) is 6.55. The molecule has 19 heavy (non-hydrogen) atoms. The smallest absolute Gasteiger partial charge is 0.315 e. The van der Waals surface area contributed by atoms with Crippen molar-refractivity contribution in [1.29, 1.82) is 0 Å². The van der Waals surface area contributed by atoms with E-state index in [4.69, 9.17) is 16.3 Å². The highest BCUT2D eigenvalue weighted by Gasteiger charge is 2.24. The summed E-state index contributed by atoms with van der Waals surface area (Å²) in [4.78, 5) is 11.8. The van der Waals surface area contributed by atoms with E-state index in [2.05, 4.69) is 17.2 Å². The number of amides is 2. The van der Waals surface area contributed by atoms with Crippen LogP contribution in [0.15, 0.2) is 30.4 Å². The van der Waals surface area contributed by atoms with E-state index in [0.717, 1.165) is 17.6 Å². The van der Waals surface area contributed by atoms with Crippen molar-refractivity contribution in [3.8, 4) is 5.75 Å².